The van der Waals surface area contributed by atoms with Crippen molar-refractivity contribution in [2.45, 2.75) is 18.5 Å². The summed E-state index contributed by atoms with van der Waals surface area (Å²) in [5.74, 6) is -0.579. The third kappa shape index (κ3) is 2.91. The van der Waals surface area contributed by atoms with Gasteiger partial charge in [-0.25, -0.2) is 4.98 Å². The minimum Gasteiger partial charge on any atom is -0.383 e. The number of fused-ring (bicyclic) bond motifs is 1. The monoisotopic (exact) mass is 324 g/mol. The molecule has 0 bridgehead atoms. The van der Waals surface area contributed by atoms with Gasteiger partial charge in [0, 0.05) is 37.2 Å². The Morgan fingerprint density at radius 1 is 1.22 bits per heavy atom. The van der Waals surface area contributed by atoms with Crippen molar-refractivity contribution >= 4 is 11.8 Å². The van der Waals surface area contributed by atoms with Crippen LogP contribution >= 0.6 is 0 Å². The largest absolute Gasteiger partial charge is 0.418 e. The number of nitrogens with zero attached hydrogens (tertiary/aromatic N) is 3. The van der Waals surface area contributed by atoms with Gasteiger partial charge in [-0.05, 0) is 12.1 Å². The molecule has 1 unspecified atom stereocenters. The molecular weight excluding hydrogens is 309 g/mol. The van der Waals surface area contributed by atoms with Crippen LogP contribution in [0.3, 0.4) is 0 Å². The Bertz CT molecular complexity index is 731. The van der Waals surface area contributed by atoms with Gasteiger partial charge < -0.3 is 16.8 Å². The van der Waals surface area contributed by atoms with Crippen LogP contribution in [0.5, 0.6) is 0 Å². The summed E-state index contributed by atoms with van der Waals surface area (Å²) < 4.78 is 39.9. The van der Waals surface area contributed by atoms with E-state index in [1.54, 1.807) is 0 Å². The molecule has 0 aromatic carbocycles. The van der Waals surface area contributed by atoms with E-state index in [-0.39, 0.29) is 24.0 Å². The average molecular weight is 324 g/mol. The van der Waals surface area contributed by atoms with Crippen molar-refractivity contribution in [1.82, 2.24) is 20.3 Å². The topological polar surface area (TPSA) is 103 Å². The summed E-state index contributed by atoms with van der Waals surface area (Å²) in [6.07, 6.45) is -2.65. The standard InChI is InChI=1S/C14H15F3N6/c15-14(16,17)8-2-1-4-21-11(8)7-6-20-5-3-9-10(7)12(18)23-13(19)22-9/h1-2,4,7,20H,3,5-6H2,(H4,18,19,22,23). The molecule has 1 aliphatic rings. The molecule has 3 rings (SSSR count). The van der Waals surface area contributed by atoms with E-state index in [0.717, 1.165) is 6.07 Å². The molecule has 2 aromatic heterocycles. The highest BCUT2D eigenvalue weighted by Gasteiger charge is 2.38. The SMILES string of the molecule is Nc1nc(N)c2c(n1)CCNCC2c1ncccc1C(F)(F)F. The quantitative estimate of drug-likeness (QED) is 0.731. The van der Waals surface area contributed by atoms with Crippen LogP contribution in [0.25, 0.3) is 0 Å². The maximum Gasteiger partial charge on any atom is 0.418 e. The van der Waals surface area contributed by atoms with E-state index in [2.05, 4.69) is 20.3 Å². The van der Waals surface area contributed by atoms with Crippen LogP contribution < -0.4 is 16.8 Å². The Kier molecular flexibility index (Phi) is 3.80. The molecule has 3 heterocycles. The molecule has 0 saturated carbocycles. The fourth-order valence-corrected chi connectivity index (χ4v) is 2.85. The van der Waals surface area contributed by atoms with E-state index in [1.807, 2.05) is 0 Å². The van der Waals surface area contributed by atoms with Gasteiger partial charge in [0.25, 0.3) is 0 Å². The molecular formula is C14H15F3N6. The number of halogens is 3. The van der Waals surface area contributed by atoms with E-state index in [0.29, 0.717) is 24.2 Å². The summed E-state index contributed by atoms with van der Waals surface area (Å²) in [7, 11) is 0. The summed E-state index contributed by atoms with van der Waals surface area (Å²) in [5.41, 5.74) is 11.7. The van der Waals surface area contributed by atoms with Crippen molar-refractivity contribution in [3.05, 3.63) is 40.8 Å². The number of hydrogen-bond acceptors (Lipinski definition) is 6. The molecule has 2 aromatic rings. The second-order valence-corrected chi connectivity index (χ2v) is 5.27. The molecule has 0 saturated heterocycles. The number of pyridine rings is 1. The fourth-order valence-electron chi connectivity index (χ4n) is 2.85. The number of aromatic nitrogens is 3. The summed E-state index contributed by atoms with van der Waals surface area (Å²) >= 11 is 0. The summed E-state index contributed by atoms with van der Waals surface area (Å²) in [5, 5.41) is 3.10. The number of alkyl halides is 3. The highest BCUT2D eigenvalue weighted by atomic mass is 19.4. The van der Waals surface area contributed by atoms with E-state index < -0.39 is 17.7 Å². The van der Waals surface area contributed by atoms with Gasteiger partial charge in [-0.3, -0.25) is 4.98 Å². The van der Waals surface area contributed by atoms with Gasteiger partial charge >= 0.3 is 6.18 Å². The summed E-state index contributed by atoms with van der Waals surface area (Å²) in [6.45, 7) is 0.831. The average Bonchev–Trinajstić information content (AvgIpc) is 2.68. The van der Waals surface area contributed by atoms with Gasteiger partial charge in [-0.15, -0.1) is 0 Å². The van der Waals surface area contributed by atoms with Crippen molar-refractivity contribution in [1.29, 1.82) is 0 Å². The zero-order chi connectivity index (χ0) is 16.6. The fraction of sp³-hybridized carbons (Fsp3) is 0.357. The number of rotatable bonds is 1. The molecule has 0 fully saturated rings. The van der Waals surface area contributed by atoms with E-state index in [4.69, 9.17) is 11.5 Å². The summed E-state index contributed by atoms with van der Waals surface area (Å²) in [6, 6.07) is 2.28. The molecule has 5 N–H and O–H groups in total. The Morgan fingerprint density at radius 3 is 2.74 bits per heavy atom. The predicted molar refractivity (Wildman–Crippen MR) is 78.5 cm³/mol. The van der Waals surface area contributed by atoms with Crippen LogP contribution in [0, 0.1) is 0 Å². The molecule has 0 spiro atoms. The van der Waals surface area contributed by atoms with Crippen molar-refractivity contribution in [2.75, 3.05) is 24.6 Å². The lowest BCUT2D eigenvalue weighted by Crippen LogP contribution is -2.24. The normalized spacial score (nSPS) is 18.3. The van der Waals surface area contributed by atoms with Crippen LogP contribution in [0.1, 0.15) is 28.4 Å². The van der Waals surface area contributed by atoms with Crippen LogP contribution in [0.4, 0.5) is 24.9 Å². The number of nitrogens with two attached hydrogens (primary N) is 2. The second-order valence-electron chi connectivity index (χ2n) is 5.27. The minimum absolute atomic E-state index is 0.0129. The van der Waals surface area contributed by atoms with E-state index >= 15 is 0 Å². The van der Waals surface area contributed by atoms with Gasteiger partial charge in [-0.2, -0.15) is 18.2 Å². The zero-order valence-electron chi connectivity index (χ0n) is 12.1. The lowest BCUT2D eigenvalue weighted by Gasteiger charge is -2.21. The predicted octanol–water partition coefficient (Wildman–Crippen LogP) is 1.33. The zero-order valence-corrected chi connectivity index (χ0v) is 12.1. The molecule has 9 heteroatoms. The van der Waals surface area contributed by atoms with Crippen molar-refractivity contribution in [3.8, 4) is 0 Å². The Labute approximate surface area is 130 Å². The highest BCUT2D eigenvalue weighted by Crippen LogP contribution is 2.38. The van der Waals surface area contributed by atoms with Gasteiger partial charge in [-0.1, -0.05) is 0 Å². The molecule has 0 radical (unpaired) electrons. The number of nitrogens with one attached hydrogen (secondary N) is 1. The van der Waals surface area contributed by atoms with Gasteiger partial charge in [0.2, 0.25) is 5.95 Å². The van der Waals surface area contributed by atoms with Crippen molar-refractivity contribution in [2.24, 2.45) is 0 Å². The summed E-state index contributed by atoms with van der Waals surface area (Å²) in [4.78, 5) is 12.0. The van der Waals surface area contributed by atoms with Gasteiger partial charge in [0.15, 0.2) is 0 Å². The molecule has 6 nitrogen and oxygen atoms in total. The van der Waals surface area contributed by atoms with Crippen molar-refractivity contribution < 1.29 is 13.2 Å². The molecule has 1 atom stereocenters. The lowest BCUT2D eigenvalue weighted by atomic mass is 9.91. The number of nitrogen functional groups attached to an aromatic ring is 2. The maximum atomic E-state index is 13.3. The molecule has 0 amide bonds. The Balaban J connectivity index is 2.20. The van der Waals surface area contributed by atoms with Gasteiger partial charge in [0.05, 0.1) is 17.0 Å². The molecule has 23 heavy (non-hydrogen) atoms. The highest BCUT2D eigenvalue weighted by molar-refractivity contribution is 5.52. The number of anilines is 2. The first-order valence-electron chi connectivity index (χ1n) is 7.02. The Morgan fingerprint density at radius 2 is 2.00 bits per heavy atom. The molecule has 122 valence electrons. The first-order chi connectivity index (χ1) is 10.9. The third-order valence-electron chi connectivity index (χ3n) is 3.78. The third-order valence-corrected chi connectivity index (χ3v) is 3.78. The maximum absolute atomic E-state index is 13.3. The van der Waals surface area contributed by atoms with Crippen LogP contribution in [0.15, 0.2) is 18.3 Å². The van der Waals surface area contributed by atoms with Crippen LogP contribution in [-0.2, 0) is 12.6 Å². The molecule has 1 aliphatic heterocycles. The Hall–Kier alpha value is -2.42. The van der Waals surface area contributed by atoms with E-state index in [1.165, 1.54) is 12.3 Å². The number of hydrogen-bond donors (Lipinski definition) is 3. The first-order valence-corrected chi connectivity index (χ1v) is 7.02. The molecule has 0 aliphatic carbocycles. The lowest BCUT2D eigenvalue weighted by molar-refractivity contribution is -0.138. The first kappa shape index (κ1) is 15.5. The van der Waals surface area contributed by atoms with Crippen molar-refractivity contribution in [3.63, 3.8) is 0 Å². The van der Waals surface area contributed by atoms with E-state index in [9.17, 15) is 13.2 Å². The van der Waals surface area contributed by atoms with Crippen LogP contribution in [-0.4, -0.2) is 28.0 Å². The van der Waals surface area contributed by atoms with Crippen LogP contribution in [0.2, 0.25) is 0 Å². The minimum atomic E-state index is -4.50. The van der Waals surface area contributed by atoms with Gasteiger partial charge in [0.1, 0.15) is 5.82 Å². The smallest absolute Gasteiger partial charge is 0.383 e. The second kappa shape index (κ2) is 5.65.